The fraction of sp³-hybridized carbons (Fsp3) is 0.241. The highest BCUT2D eigenvalue weighted by Gasteiger charge is 2.28. The molecule has 4 rings (SSSR count). The van der Waals surface area contributed by atoms with Crippen LogP contribution in [-0.2, 0) is 21.2 Å². The van der Waals surface area contributed by atoms with Crippen LogP contribution in [0.15, 0.2) is 74.8 Å². The number of hydrogen-bond acceptors (Lipinski definition) is 6. The topological polar surface area (TPSA) is 103 Å². The van der Waals surface area contributed by atoms with Crippen LogP contribution in [0.3, 0.4) is 0 Å². The number of halogens is 1. The van der Waals surface area contributed by atoms with Crippen LogP contribution in [-0.4, -0.2) is 20.4 Å². The van der Waals surface area contributed by atoms with E-state index in [4.69, 9.17) is 20.8 Å². The van der Waals surface area contributed by atoms with Crippen LogP contribution in [0.2, 0.25) is 5.02 Å². The molecule has 0 saturated carbocycles. The van der Waals surface area contributed by atoms with E-state index in [1.165, 1.54) is 12.1 Å². The normalized spacial score (nSPS) is 12.4. The molecule has 0 aliphatic heterocycles. The van der Waals surface area contributed by atoms with Gasteiger partial charge in [0.1, 0.15) is 11.6 Å². The smallest absolute Gasteiger partial charge is 0.340 e. The molecular formula is C29H28ClNO6S. The lowest BCUT2D eigenvalue weighted by atomic mass is 9.98. The van der Waals surface area contributed by atoms with E-state index in [9.17, 15) is 18.0 Å². The fourth-order valence-corrected chi connectivity index (χ4v) is 5.75. The van der Waals surface area contributed by atoms with Crippen LogP contribution in [0, 0.1) is 20.8 Å². The van der Waals surface area contributed by atoms with Crippen molar-refractivity contribution in [2.75, 3.05) is 0 Å². The number of carbonyl (C=O) groups excluding carboxylic acids is 1. The van der Waals surface area contributed by atoms with Crippen LogP contribution < -0.4 is 15.1 Å². The van der Waals surface area contributed by atoms with E-state index in [1.54, 1.807) is 32.0 Å². The number of fused-ring (bicyclic) bond motifs is 1. The summed E-state index contributed by atoms with van der Waals surface area (Å²) in [4.78, 5) is 26.0. The summed E-state index contributed by atoms with van der Waals surface area (Å²) in [5, 5.41) is 0.771. The van der Waals surface area contributed by atoms with E-state index in [1.807, 2.05) is 44.2 Å². The van der Waals surface area contributed by atoms with Gasteiger partial charge >= 0.3 is 11.6 Å². The quantitative estimate of drug-likeness (QED) is 0.172. The van der Waals surface area contributed by atoms with Crippen LogP contribution in [0.5, 0.6) is 5.75 Å². The van der Waals surface area contributed by atoms with E-state index >= 15 is 0 Å². The Hall–Kier alpha value is -3.46. The van der Waals surface area contributed by atoms with Gasteiger partial charge in [-0.05, 0) is 56.5 Å². The number of nitrogens with one attached hydrogen (secondary N) is 1. The average molecular weight is 554 g/mol. The second-order valence-corrected chi connectivity index (χ2v) is 11.3. The molecule has 38 heavy (non-hydrogen) atoms. The van der Waals surface area contributed by atoms with Crippen molar-refractivity contribution in [2.45, 2.75) is 51.5 Å². The van der Waals surface area contributed by atoms with Crippen molar-refractivity contribution >= 4 is 38.6 Å². The minimum atomic E-state index is -3.97. The Morgan fingerprint density at radius 3 is 2.32 bits per heavy atom. The highest BCUT2D eigenvalue weighted by atomic mass is 35.5. The highest BCUT2D eigenvalue weighted by molar-refractivity contribution is 7.89. The van der Waals surface area contributed by atoms with Crippen LogP contribution in [0.25, 0.3) is 11.0 Å². The van der Waals surface area contributed by atoms with Crippen LogP contribution in [0.4, 0.5) is 0 Å². The number of hydrogen-bond donors (Lipinski definition) is 1. The molecule has 0 saturated heterocycles. The number of carbonyl (C=O) groups is 1. The maximum atomic E-state index is 13.0. The Kier molecular flexibility index (Phi) is 8.06. The van der Waals surface area contributed by atoms with Crippen molar-refractivity contribution < 1.29 is 22.4 Å². The van der Waals surface area contributed by atoms with Crippen molar-refractivity contribution in [1.29, 1.82) is 0 Å². The van der Waals surface area contributed by atoms with Gasteiger partial charge in [0.25, 0.3) is 0 Å². The Morgan fingerprint density at radius 2 is 1.68 bits per heavy atom. The summed E-state index contributed by atoms with van der Waals surface area (Å²) in [5.74, 6) is -0.817. The summed E-state index contributed by atoms with van der Waals surface area (Å²) in [5.41, 5.74) is 3.24. The van der Waals surface area contributed by atoms with Gasteiger partial charge in [0, 0.05) is 22.9 Å². The molecule has 0 aliphatic carbocycles. The molecule has 1 atom stereocenters. The van der Waals surface area contributed by atoms with Gasteiger partial charge in [0.05, 0.1) is 9.92 Å². The SMILES string of the molecule is CC[C@H](NS(=O)(=O)c1ccc(C)cc1)C(=O)Oc1c(Cl)cc2c(C)c(Cc3ccccc3)c(=O)oc2c1C. The maximum Gasteiger partial charge on any atom is 0.340 e. The largest absolute Gasteiger partial charge is 0.423 e. The predicted octanol–water partition coefficient (Wildman–Crippen LogP) is 5.62. The lowest BCUT2D eigenvalue weighted by Crippen LogP contribution is -2.42. The van der Waals surface area contributed by atoms with Gasteiger partial charge in [0.15, 0.2) is 5.75 Å². The number of aryl methyl sites for hydroxylation is 3. The minimum absolute atomic E-state index is 0.00973. The van der Waals surface area contributed by atoms with Crippen molar-refractivity contribution in [2.24, 2.45) is 0 Å². The molecule has 1 aromatic heterocycles. The van der Waals surface area contributed by atoms with Gasteiger partial charge in [-0.3, -0.25) is 0 Å². The van der Waals surface area contributed by atoms with Crippen molar-refractivity contribution in [3.8, 4) is 5.75 Å². The maximum absolute atomic E-state index is 13.0. The molecule has 0 amide bonds. The van der Waals surface area contributed by atoms with Crippen molar-refractivity contribution in [3.05, 3.63) is 104 Å². The predicted molar refractivity (Wildman–Crippen MR) is 147 cm³/mol. The number of sulfonamides is 1. The Morgan fingerprint density at radius 1 is 1.03 bits per heavy atom. The molecule has 4 aromatic rings. The van der Waals surface area contributed by atoms with E-state index in [2.05, 4.69) is 4.72 Å². The molecule has 3 aromatic carbocycles. The first kappa shape index (κ1) is 27.6. The second-order valence-electron chi connectivity index (χ2n) is 9.16. The molecule has 0 bridgehead atoms. The van der Waals surface area contributed by atoms with Gasteiger partial charge < -0.3 is 9.15 Å². The molecule has 1 heterocycles. The first-order chi connectivity index (χ1) is 18.0. The van der Waals surface area contributed by atoms with E-state index in [-0.39, 0.29) is 27.7 Å². The highest BCUT2D eigenvalue weighted by Crippen LogP contribution is 2.37. The number of benzene rings is 3. The number of ether oxygens (including phenoxy) is 1. The number of rotatable bonds is 8. The molecule has 1 N–H and O–H groups in total. The lowest BCUT2D eigenvalue weighted by molar-refractivity contribution is -0.136. The first-order valence-electron chi connectivity index (χ1n) is 12.1. The second kappa shape index (κ2) is 11.1. The van der Waals surface area contributed by atoms with Crippen LogP contribution >= 0.6 is 11.6 Å². The molecular weight excluding hydrogens is 526 g/mol. The number of esters is 1. The molecule has 9 heteroatoms. The molecule has 0 unspecified atom stereocenters. The third kappa shape index (κ3) is 5.67. The first-order valence-corrected chi connectivity index (χ1v) is 14.0. The van der Waals surface area contributed by atoms with Crippen molar-refractivity contribution in [1.82, 2.24) is 4.72 Å². The monoisotopic (exact) mass is 553 g/mol. The zero-order valence-corrected chi connectivity index (χ0v) is 23.1. The summed E-state index contributed by atoms with van der Waals surface area (Å²) < 4.78 is 39.3. The van der Waals surface area contributed by atoms with Gasteiger partial charge in [-0.15, -0.1) is 0 Å². The van der Waals surface area contributed by atoms with E-state index in [0.29, 0.717) is 22.9 Å². The zero-order chi connectivity index (χ0) is 27.6. The Bertz CT molecular complexity index is 1660. The molecule has 198 valence electrons. The fourth-order valence-electron chi connectivity index (χ4n) is 4.19. The summed E-state index contributed by atoms with van der Waals surface area (Å²) in [6.07, 6.45) is 0.545. The minimum Gasteiger partial charge on any atom is -0.423 e. The third-order valence-electron chi connectivity index (χ3n) is 6.46. The molecule has 0 radical (unpaired) electrons. The Balaban J connectivity index is 1.64. The summed E-state index contributed by atoms with van der Waals surface area (Å²) in [6.45, 7) is 6.97. The van der Waals surface area contributed by atoms with Gasteiger partial charge in [-0.25, -0.2) is 18.0 Å². The third-order valence-corrected chi connectivity index (χ3v) is 8.23. The standard InChI is InChI=1S/C29H28ClNO6S/c1-5-25(31-38(34,35)21-13-11-17(2)12-14-21)29(33)37-27-19(4)26-22(16-24(27)30)18(3)23(28(32)36-26)15-20-9-7-6-8-10-20/h6-14,16,25,31H,5,15H2,1-4H3/t25-/m0/s1. The average Bonchev–Trinajstić information content (AvgIpc) is 2.89. The van der Waals surface area contributed by atoms with Gasteiger partial charge in [-0.1, -0.05) is 66.6 Å². The Labute approximate surface area is 226 Å². The molecule has 0 aliphatic rings. The van der Waals surface area contributed by atoms with E-state index in [0.717, 1.165) is 16.7 Å². The summed E-state index contributed by atoms with van der Waals surface area (Å²) in [7, 11) is -3.97. The van der Waals surface area contributed by atoms with Crippen molar-refractivity contribution in [3.63, 3.8) is 0 Å². The van der Waals surface area contributed by atoms with E-state index < -0.39 is 27.7 Å². The molecule has 7 nitrogen and oxygen atoms in total. The molecule has 0 fully saturated rings. The van der Waals surface area contributed by atoms with Crippen LogP contribution in [0.1, 0.15) is 41.2 Å². The van der Waals surface area contributed by atoms with Gasteiger partial charge in [-0.2, -0.15) is 4.72 Å². The lowest BCUT2D eigenvalue weighted by Gasteiger charge is -2.18. The summed E-state index contributed by atoms with van der Waals surface area (Å²) >= 11 is 6.53. The molecule has 0 spiro atoms. The summed E-state index contributed by atoms with van der Waals surface area (Å²) in [6, 6.07) is 16.3. The van der Waals surface area contributed by atoms with Gasteiger partial charge in [0.2, 0.25) is 10.0 Å². The zero-order valence-electron chi connectivity index (χ0n) is 21.5.